The molecule has 0 aliphatic carbocycles. The molecular formula is C10H10F3NO2. The number of carbonyl (C=O) groups is 1. The third-order valence-electron chi connectivity index (χ3n) is 1.66. The van der Waals surface area contributed by atoms with Gasteiger partial charge in [0.25, 0.3) is 0 Å². The Bertz CT molecular complexity index is 338. The van der Waals surface area contributed by atoms with Crippen LogP contribution in [-0.4, -0.2) is 25.2 Å². The first-order valence-electron chi connectivity index (χ1n) is 4.53. The topological polar surface area (TPSA) is 38.3 Å². The van der Waals surface area contributed by atoms with Crippen molar-refractivity contribution in [3.8, 4) is 5.75 Å². The number of para-hydroxylation sites is 1. The number of rotatable bonds is 4. The molecule has 16 heavy (non-hydrogen) atoms. The van der Waals surface area contributed by atoms with Crippen molar-refractivity contribution in [3.63, 3.8) is 0 Å². The van der Waals surface area contributed by atoms with Crippen LogP contribution in [0.2, 0.25) is 0 Å². The number of nitrogens with one attached hydrogen (secondary N) is 1. The largest absolute Gasteiger partial charge is 0.492 e. The highest BCUT2D eigenvalue weighted by atomic mass is 19.4. The molecular weight excluding hydrogens is 223 g/mol. The summed E-state index contributed by atoms with van der Waals surface area (Å²) in [6, 6.07) is 8.61. The molecule has 6 heteroatoms. The first-order valence-corrected chi connectivity index (χ1v) is 4.53. The number of carbonyl (C=O) groups excluding carboxylic acids is 1. The van der Waals surface area contributed by atoms with Gasteiger partial charge in [0.15, 0.2) is 0 Å². The third kappa shape index (κ3) is 4.20. The summed E-state index contributed by atoms with van der Waals surface area (Å²) < 4.78 is 40.3. The van der Waals surface area contributed by atoms with Crippen LogP contribution in [0.15, 0.2) is 30.3 Å². The van der Waals surface area contributed by atoms with Crippen LogP contribution >= 0.6 is 0 Å². The third-order valence-corrected chi connectivity index (χ3v) is 1.66. The average molecular weight is 233 g/mol. The Morgan fingerprint density at radius 2 is 1.88 bits per heavy atom. The van der Waals surface area contributed by atoms with Crippen LogP contribution in [0.25, 0.3) is 0 Å². The van der Waals surface area contributed by atoms with E-state index < -0.39 is 12.1 Å². The zero-order valence-electron chi connectivity index (χ0n) is 8.25. The smallest absolute Gasteiger partial charge is 0.471 e. The van der Waals surface area contributed by atoms with Gasteiger partial charge in [0.2, 0.25) is 0 Å². The summed E-state index contributed by atoms with van der Waals surface area (Å²) in [4.78, 5) is 10.4. The lowest BCUT2D eigenvalue weighted by atomic mass is 10.3. The van der Waals surface area contributed by atoms with Gasteiger partial charge < -0.3 is 10.1 Å². The summed E-state index contributed by atoms with van der Waals surface area (Å²) in [6.07, 6.45) is -4.84. The number of amides is 1. The fourth-order valence-electron chi connectivity index (χ4n) is 0.950. The SMILES string of the molecule is O=C(NCCOc1ccccc1)C(F)(F)F. The average Bonchev–Trinajstić information content (AvgIpc) is 2.24. The van der Waals surface area contributed by atoms with Gasteiger partial charge in [-0.1, -0.05) is 18.2 Å². The molecule has 0 bridgehead atoms. The molecule has 0 aliphatic rings. The summed E-state index contributed by atoms with van der Waals surface area (Å²) in [7, 11) is 0. The van der Waals surface area contributed by atoms with E-state index in [4.69, 9.17) is 4.74 Å². The maximum atomic E-state index is 11.7. The highest BCUT2D eigenvalue weighted by molar-refractivity contribution is 5.81. The van der Waals surface area contributed by atoms with Crippen LogP contribution in [0, 0.1) is 0 Å². The molecule has 1 amide bonds. The summed E-state index contributed by atoms with van der Waals surface area (Å²) >= 11 is 0. The second kappa shape index (κ2) is 5.39. The van der Waals surface area contributed by atoms with E-state index in [1.165, 1.54) is 0 Å². The number of alkyl halides is 3. The summed E-state index contributed by atoms with van der Waals surface area (Å²) in [5.74, 6) is -1.41. The normalized spacial score (nSPS) is 10.9. The number of ether oxygens (including phenoxy) is 1. The van der Waals surface area contributed by atoms with E-state index in [-0.39, 0.29) is 13.2 Å². The van der Waals surface area contributed by atoms with Gasteiger partial charge >= 0.3 is 12.1 Å². The van der Waals surface area contributed by atoms with Crippen molar-refractivity contribution in [2.24, 2.45) is 0 Å². The fourth-order valence-corrected chi connectivity index (χ4v) is 0.950. The highest BCUT2D eigenvalue weighted by Crippen LogP contribution is 2.13. The van der Waals surface area contributed by atoms with Crippen LogP contribution < -0.4 is 10.1 Å². The van der Waals surface area contributed by atoms with E-state index in [0.29, 0.717) is 5.75 Å². The van der Waals surface area contributed by atoms with Crippen molar-refractivity contribution in [2.45, 2.75) is 6.18 Å². The molecule has 0 heterocycles. The van der Waals surface area contributed by atoms with E-state index in [0.717, 1.165) is 0 Å². The van der Waals surface area contributed by atoms with Gasteiger partial charge in [-0.05, 0) is 12.1 Å². The van der Waals surface area contributed by atoms with Gasteiger partial charge in [0, 0.05) is 0 Å². The van der Waals surface area contributed by atoms with Crippen LogP contribution in [0.4, 0.5) is 13.2 Å². The molecule has 1 aromatic carbocycles. The number of benzene rings is 1. The molecule has 3 nitrogen and oxygen atoms in total. The minimum Gasteiger partial charge on any atom is -0.492 e. The lowest BCUT2D eigenvalue weighted by Gasteiger charge is -2.08. The number of hydrogen-bond acceptors (Lipinski definition) is 2. The second-order valence-electron chi connectivity index (χ2n) is 2.92. The predicted molar refractivity (Wildman–Crippen MR) is 51.0 cm³/mol. The van der Waals surface area contributed by atoms with E-state index in [9.17, 15) is 18.0 Å². The molecule has 0 aliphatic heterocycles. The monoisotopic (exact) mass is 233 g/mol. The summed E-state index contributed by atoms with van der Waals surface area (Å²) in [5.41, 5.74) is 0. The molecule has 0 spiro atoms. The van der Waals surface area contributed by atoms with Gasteiger partial charge in [-0.3, -0.25) is 4.79 Å². The number of halogens is 3. The molecule has 0 fully saturated rings. The van der Waals surface area contributed by atoms with Crippen LogP contribution in [-0.2, 0) is 4.79 Å². The van der Waals surface area contributed by atoms with Crippen LogP contribution in [0.3, 0.4) is 0 Å². The van der Waals surface area contributed by atoms with Crippen molar-refractivity contribution < 1.29 is 22.7 Å². The van der Waals surface area contributed by atoms with Gasteiger partial charge in [-0.15, -0.1) is 0 Å². The van der Waals surface area contributed by atoms with Crippen molar-refractivity contribution in [1.82, 2.24) is 5.32 Å². The van der Waals surface area contributed by atoms with E-state index >= 15 is 0 Å². The maximum absolute atomic E-state index is 11.7. The zero-order chi connectivity index (χ0) is 12.0. The Balaban J connectivity index is 2.20. The van der Waals surface area contributed by atoms with Crippen LogP contribution in [0.5, 0.6) is 5.75 Å². The zero-order valence-corrected chi connectivity index (χ0v) is 8.25. The first-order chi connectivity index (χ1) is 7.50. The number of hydrogen-bond donors (Lipinski definition) is 1. The van der Waals surface area contributed by atoms with Gasteiger partial charge in [-0.25, -0.2) is 0 Å². The molecule has 0 aromatic heterocycles. The fraction of sp³-hybridized carbons (Fsp3) is 0.300. The molecule has 1 rings (SSSR count). The Morgan fingerprint density at radius 1 is 1.25 bits per heavy atom. The summed E-state index contributed by atoms with van der Waals surface area (Å²) in [5, 5.41) is 1.70. The van der Waals surface area contributed by atoms with Crippen molar-refractivity contribution in [1.29, 1.82) is 0 Å². The first kappa shape index (κ1) is 12.4. The van der Waals surface area contributed by atoms with Crippen LogP contribution in [0.1, 0.15) is 0 Å². The van der Waals surface area contributed by atoms with Gasteiger partial charge in [0.1, 0.15) is 12.4 Å². The van der Waals surface area contributed by atoms with Gasteiger partial charge in [0.05, 0.1) is 6.54 Å². The molecule has 1 N–H and O–H groups in total. The Labute approximate surface area is 90.2 Å². The van der Waals surface area contributed by atoms with E-state index in [2.05, 4.69) is 0 Å². The predicted octanol–water partition coefficient (Wildman–Crippen LogP) is 1.74. The minimum absolute atomic E-state index is 0.00810. The minimum atomic E-state index is -4.84. The van der Waals surface area contributed by atoms with E-state index in [1.54, 1.807) is 35.6 Å². The molecule has 0 radical (unpaired) electrons. The van der Waals surface area contributed by atoms with E-state index in [1.807, 2.05) is 0 Å². The lowest BCUT2D eigenvalue weighted by Crippen LogP contribution is -2.38. The second-order valence-corrected chi connectivity index (χ2v) is 2.92. The standard InChI is InChI=1S/C10H10F3NO2/c11-10(12,13)9(15)14-6-7-16-8-4-2-1-3-5-8/h1-5H,6-7H2,(H,14,15). The molecule has 0 saturated heterocycles. The maximum Gasteiger partial charge on any atom is 0.471 e. The molecule has 0 saturated carbocycles. The highest BCUT2D eigenvalue weighted by Gasteiger charge is 2.38. The Morgan fingerprint density at radius 3 is 2.44 bits per heavy atom. The molecule has 88 valence electrons. The summed E-state index contributed by atoms with van der Waals surface area (Å²) in [6.45, 7) is -0.195. The van der Waals surface area contributed by atoms with Gasteiger partial charge in [-0.2, -0.15) is 13.2 Å². The lowest BCUT2D eigenvalue weighted by molar-refractivity contribution is -0.173. The molecule has 1 aromatic rings. The molecule has 0 unspecified atom stereocenters. The quantitative estimate of drug-likeness (QED) is 0.804. The van der Waals surface area contributed by atoms with Crippen molar-refractivity contribution in [2.75, 3.05) is 13.2 Å². The molecule has 0 atom stereocenters. The Hall–Kier alpha value is -1.72. The van der Waals surface area contributed by atoms with Crippen molar-refractivity contribution >= 4 is 5.91 Å². The van der Waals surface area contributed by atoms with Crippen molar-refractivity contribution in [3.05, 3.63) is 30.3 Å². The Kier molecular flexibility index (Phi) is 4.16.